The van der Waals surface area contributed by atoms with E-state index in [4.69, 9.17) is 4.74 Å². The number of aliphatic hydroxyl groups is 1. The molecule has 2 aliphatic rings. The van der Waals surface area contributed by atoms with Gasteiger partial charge in [0, 0.05) is 17.9 Å². The number of benzene rings is 1. The van der Waals surface area contributed by atoms with E-state index < -0.39 is 0 Å². The molecule has 1 fully saturated rings. The number of ether oxygens (including phenoxy) is 1. The molecule has 3 unspecified atom stereocenters. The summed E-state index contributed by atoms with van der Waals surface area (Å²) < 4.78 is 6.07. The average molecular weight is 250 g/mol. The van der Waals surface area contributed by atoms with Gasteiger partial charge < -0.3 is 9.84 Å². The van der Waals surface area contributed by atoms with Crippen LogP contribution in [0.5, 0.6) is 5.75 Å². The second-order valence-electron chi connectivity index (χ2n) is 5.07. The molecule has 2 nitrogen and oxygen atoms in total. The molecule has 3 atom stereocenters. The Labute approximate surface area is 106 Å². The van der Waals surface area contributed by atoms with Crippen molar-refractivity contribution in [2.45, 2.75) is 32.0 Å². The van der Waals surface area contributed by atoms with Crippen LogP contribution in [0.4, 0.5) is 0 Å². The van der Waals surface area contributed by atoms with Crippen molar-refractivity contribution >= 4 is 11.8 Å². The minimum absolute atomic E-state index is 0.204. The number of rotatable bonds is 1. The van der Waals surface area contributed by atoms with Crippen LogP contribution in [-0.4, -0.2) is 22.7 Å². The van der Waals surface area contributed by atoms with E-state index in [1.165, 1.54) is 23.5 Å². The number of hydrogen-bond acceptors (Lipinski definition) is 3. The first-order valence-electron chi connectivity index (χ1n) is 6.27. The smallest absolute Gasteiger partial charge is 0.125 e. The Bertz CT molecular complexity index is 413. The summed E-state index contributed by atoms with van der Waals surface area (Å²) in [6.07, 6.45) is 1.83. The van der Waals surface area contributed by atoms with Gasteiger partial charge in [-0.25, -0.2) is 0 Å². The zero-order valence-corrected chi connectivity index (χ0v) is 10.9. The highest BCUT2D eigenvalue weighted by Gasteiger charge is 2.34. The van der Waals surface area contributed by atoms with Crippen LogP contribution in [0.25, 0.3) is 0 Å². The van der Waals surface area contributed by atoms with E-state index in [0.717, 1.165) is 17.7 Å². The first-order valence-corrected chi connectivity index (χ1v) is 7.42. The molecule has 0 radical (unpaired) electrons. The predicted octanol–water partition coefficient (Wildman–Crippen LogP) is 2.93. The van der Waals surface area contributed by atoms with Crippen molar-refractivity contribution in [3.05, 3.63) is 29.3 Å². The Morgan fingerprint density at radius 2 is 2.29 bits per heavy atom. The van der Waals surface area contributed by atoms with Crippen LogP contribution < -0.4 is 4.74 Å². The van der Waals surface area contributed by atoms with Gasteiger partial charge in [0.2, 0.25) is 0 Å². The molecule has 92 valence electrons. The zero-order valence-electron chi connectivity index (χ0n) is 10.1. The highest BCUT2D eigenvalue weighted by atomic mass is 32.2. The molecule has 0 bridgehead atoms. The summed E-state index contributed by atoms with van der Waals surface area (Å²) in [7, 11) is 0. The van der Waals surface area contributed by atoms with Gasteiger partial charge in [-0.15, -0.1) is 0 Å². The van der Waals surface area contributed by atoms with Gasteiger partial charge in [-0.1, -0.05) is 11.6 Å². The molecule has 1 N–H and O–H groups in total. The largest absolute Gasteiger partial charge is 0.490 e. The fourth-order valence-corrected chi connectivity index (χ4v) is 4.05. The lowest BCUT2D eigenvalue weighted by atomic mass is 9.90. The van der Waals surface area contributed by atoms with Gasteiger partial charge in [-0.2, -0.15) is 11.8 Å². The fourth-order valence-electron chi connectivity index (χ4n) is 2.73. The van der Waals surface area contributed by atoms with Crippen LogP contribution in [0.1, 0.15) is 30.1 Å². The van der Waals surface area contributed by atoms with Crippen molar-refractivity contribution in [3.8, 4) is 5.75 Å². The lowest BCUT2D eigenvalue weighted by Gasteiger charge is -2.33. The quantitative estimate of drug-likeness (QED) is 0.831. The molecule has 0 saturated carbocycles. The normalized spacial score (nSPS) is 32.0. The molecule has 1 aromatic carbocycles. The first kappa shape index (κ1) is 11.4. The number of aryl methyl sites for hydroxylation is 1. The van der Waals surface area contributed by atoms with Gasteiger partial charge in [0.15, 0.2) is 0 Å². The van der Waals surface area contributed by atoms with Gasteiger partial charge in [0.25, 0.3) is 0 Å². The van der Waals surface area contributed by atoms with Crippen molar-refractivity contribution < 1.29 is 9.84 Å². The highest BCUT2D eigenvalue weighted by Crippen LogP contribution is 2.40. The maximum absolute atomic E-state index is 10.2. The standard InChI is InChI=1S/C14H18O2S/c1-9-2-3-13-11(6-9)12(15)7-14(16-13)10-4-5-17-8-10/h2-3,6,10,12,14-15H,4-5,7-8H2,1H3. The van der Waals surface area contributed by atoms with Gasteiger partial charge >= 0.3 is 0 Å². The Morgan fingerprint density at radius 3 is 3.06 bits per heavy atom. The molecular formula is C14H18O2S. The number of thioether (sulfide) groups is 1. The maximum atomic E-state index is 10.2. The van der Waals surface area contributed by atoms with Crippen LogP contribution in [-0.2, 0) is 0 Å². The molecule has 0 aliphatic carbocycles. The van der Waals surface area contributed by atoms with E-state index in [0.29, 0.717) is 5.92 Å². The van der Waals surface area contributed by atoms with Crippen molar-refractivity contribution in [2.24, 2.45) is 5.92 Å². The van der Waals surface area contributed by atoms with Crippen LogP contribution in [0.15, 0.2) is 18.2 Å². The summed E-state index contributed by atoms with van der Waals surface area (Å²) >= 11 is 2.00. The second-order valence-corrected chi connectivity index (χ2v) is 6.22. The third kappa shape index (κ3) is 2.18. The number of fused-ring (bicyclic) bond motifs is 1. The summed E-state index contributed by atoms with van der Waals surface area (Å²) in [5.41, 5.74) is 2.15. The van der Waals surface area contributed by atoms with Gasteiger partial charge in [-0.05, 0) is 37.0 Å². The molecule has 2 heterocycles. The Kier molecular flexibility index (Phi) is 3.05. The molecule has 3 heteroatoms. The van der Waals surface area contributed by atoms with E-state index in [2.05, 4.69) is 6.07 Å². The minimum atomic E-state index is -0.353. The molecule has 1 saturated heterocycles. The lowest BCUT2D eigenvalue weighted by molar-refractivity contribution is 0.0402. The third-order valence-corrected chi connectivity index (χ3v) is 4.94. The molecule has 0 amide bonds. The molecule has 2 aliphatic heterocycles. The summed E-state index contributed by atoms with van der Waals surface area (Å²) in [5.74, 6) is 3.92. The topological polar surface area (TPSA) is 29.5 Å². The summed E-state index contributed by atoms with van der Waals surface area (Å²) in [4.78, 5) is 0. The monoisotopic (exact) mass is 250 g/mol. The Balaban J connectivity index is 1.84. The summed E-state index contributed by atoms with van der Waals surface area (Å²) in [5, 5.41) is 10.2. The Morgan fingerprint density at radius 1 is 1.41 bits per heavy atom. The predicted molar refractivity (Wildman–Crippen MR) is 70.6 cm³/mol. The SMILES string of the molecule is Cc1ccc2c(c1)C(O)CC(C1CCSC1)O2. The second kappa shape index (κ2) is 4.54. The van der Waals surface area contributed by atoms with Crippen molar-refractivity contribution in [1.82, 2.24) is 0 Å². The van der Waals surface area contributed by atoms with Gasteiger partial charge in [0.1, 0.15) is 11.9 Å². The minimum Gasteiger partial charge on any atom is -0.490 e. The first-order chi connectivity index (χ1) is 8.24. The summed E-state index contributed by atoms with van der Waals surface area (Å²) in [6, 6.07) is 6.10. The van der Waals surface area contributed by atoms with Gasteiger partial charge in [0.05, 0.1) is 6.10 Å². The Hall–Kier alpha value is -0.670. The van der Waals surface area contributed by atoms with Crippen molar-refractivity contribution in [3.63, 3.8) is 0 Å². The zero-order chi connectivity index (χ0) is 11.8. The number of aliphatic hydroxyl groups excluding tert-OH is 1. The van der Waals surface area contributed by atoms with Crippen LogP contribution >= 0.6 is 11.8 Å². The average Bonchev–Trinajstić information content (AvgIpc) is 2.83. The molecular weight excluding hydrogens is 232 g/mol. The third-order valence-electron chi connectivity index (χ3n) is 3.75. The number of hydrogen-bond donors (Lipinski definition) is 1. The molecule has 0 aromatic heterocycles. The maximum Gasteiger partial charge on any atom is 0.125 e. The van der Waals surface area contributed by atoms with Crippen LogP contribution in [0.2, 0.25) is 0 Å². The molecule has 17 heavy (non-hydrogen) atoms. The highest BCUT2D eigenvalue weighted by molar-refractivity contribution is 7.99. The summed E-state index contributed by atoms with van der Waals surface area (Å²) in [6.45, 7) is 2.05. The van der Waals surface area contributed by atoms with E-state index in [-0.39, 0.29) is 12.2 Å². The lowest BCUT2D eigenvalue weighted by Crippen LogP contribution is -2.32. The molecule has 3 rings (SSSR count). The van der Waals surface area contributed by atoms with E-state index >= 15 is 0 Å². The van der Waals surface area contributed by atoms with E-state index in [1.54, 1.807) is 0 Å². The van der Waals surface area contributed by atoms with Crippen LogP contribution in [0.3, 0.4) is 0 Å². The van der Waals surface area contributed by atoms with E-state index in [1.807, 2.05) is 30.8 Å². The fraction of sp³-hybridized carbons (Fsp3) is 0.571. The molecule has 0 spiro atoms. The van der Waals surface area contributed by atoms with Gasteiger partial charge in [-0.3, -0.25) is 0 Å². The molecule has 1 aromatic rings. The van der Waals surface area contributed by atoms with E-state index in [9.17, 15) is 5.11 Å². The van der Waals surface area contributed by atoms with Crippen molar-refractivity contribution in [1.29, 1.82) is 0 Å². The van der Waals surface area contributed by atoms with Crippen LogP contribution in [0, 0.1) is 12.8 Å². The van der Waals surface area contributed by atoms with Crippen molar-refractivity contribution in [2.75, 3.05) is 11.5 Å².